The monoisotopic (exact) mass is 324 g/mol. The van der Waals surface area contributed by atoms with E-state index < -0.39 is 10.0 Å². The summed E-state index contributed by atoms with van der Waals surface area (Å²) in [4.78, 5) is 8.49. The Morgan fingerprint density at radius 3 is 2.77 bits per heavy atom. The topological polar surface area (TPSA) is 92.5 Å². The molecule has 1 aliphatic heterocycles. The first-order valence-corrected chi connectivity index (χ1v) is 8.92. The molecule has 3 heterocycles. The average molecular weight is 324 g/mol. The molecule has 0 unspecified atom stereocenters. The Kier molecular flexibility index (Phi) is 3.77. The minimum Gasteiger partial charge on any atom is -0.369 e. The van der Waals surface area contributed by atoms with Gasteiger partial charge in [-0.05, 0) is 20.8 Å². The number of rotatable bonds is 5. The lowest BCUT2D eigenvalue weighted by Gasteiger charge is -2.38. The molecule has 120 valence electrons. The van der Waals surface area contributed by atoms with Crippen molar-refractivity contribution in [3.63, 3.8) is 0 Å². The summed E-state index contributed by atoms with van der Waals surface area (Å²) in [6.07, 6.45) is 1.48. The molecule has 8 nitrogen and oxygen atoms in total. The Labute approximate surface area is 129 Å². The smallest absolute Gasteiger partial charge is 0.254 e. The van der Waals surface area contributed by atoms with Crippen molar-refractivity contribution < 1.29 is 8.42 Å². The molecule has 0 atom stereocenters. The molecule has 22 heavy (non-hydrogen) atoms. The van der Waals surface area contributed by atoms with Gasteiger partial charge in [-0.3, -0.25) is 0 Å². The summed E-state index contributed by atoms with van der Waals surface area (Å²) in [5.74, 6) is 1.91. The molecule has 0 spiro atoms. The maximum Gasteiger partial charge on any atom is 0.254 e. The van der Waals surface area contributed by atoms with Crippen molar-refractivity contribution in [3.05, 3.63) is 17.6 Å². The summed E-state index contributed by atoms with van der Waals surface area (Å²) < 4.78 is 26.6. The van der Waals surface area contributed by atoms with E-state index in [4.69, 9.17) is 0 Å². The molecule has 9 heteroatoms. The molecule has 0 aliphatic carbocycles. The number of aromatic nitrogens is 4. The van der Waals surface area contributed by atoms with Gasteiger partial charge in [0.25, 0.3) is 5.78 Å². The van der Waals surface area contributed by atoms with E-state index in [1.54, 1.807) is 11.4 Å². The lowest BCUT2D eigenvalue weighted by atomic mass is 10.0. The highest BCUT2D eigenvalue weighted by atomic mass is 32.2. The molecular formula is C13H20N6O2S. The molecule has 3 rings (SSSR count). The van der Waals surface area contributed by atoms with Crippen molar-refractivity contribution in [3.8, 4) is 0 Å². The molecule has 1 N–H and O–H groups in total. The summed E-state index contributed by atoms with van der Waals surface area (Å²) >= 11 is 0. The standard InChI is InChI=1S/C13H20N6O2S/c1-4-22(20,21)18-6-11(7-18)5-14-12-9(2)10(3)17-13-15-8-16-19(12)13/h8,11,14H,4-7H2,1-3H3. The van der Waals surface area contributed by atoms with Gasteiger partial charge in [-0.2, -0.15) is 14.6 Å². The lowest BCUT2D eigenvalue weighted by Crippen LogP contribution is -2.52. The van der Waals surface area contributed by atoms with Crippen LogP contribution in [-0.2, 0) is 10.0 Å². The number of fused-ring (bicyclic) bond motifs is 1. The highest BCUT2D eigenvalue weighted by Gasteiger charge is 2.34. The van der Waals surface area contributed by atoms with Crippen LogP contribution in [0.4, 0.5) is 5.82 Å². The van der Waals surface area contributed by atoms with Gasteiger partial charge in [0.15, 0.2) is 0 Å². The van der Waals surface area contributed by atoms with Crippen LogP contribution in [0.3, 0.4) is 0 Å². The third-order valence-corrected chi connectivity index (χ3v) is 5.96. The van der Waals surface area contributed by atoms with Gasteiger partial charge in [0.2, 0.25) is 10.0 Å². The molecule has 1 fully saturated rings. The molecule has 0 aromatic carbocycles. The first-order valence-electron chi connectivity index (χ1n) is 7.31. The van der Waals surface area contributed by atoms with Gasteiger partial charge in [0.05, 0.1) is 5.75 Å². The normalized spacial score (nSPS) is 16.9. The highest BCUT2D eigenvalue weighted by molar-refractivity contribution is 7.89. The number of hydrogen-bond donors (Lipinski definition) is 1. The molecule has 0 saturated carbocycles. The fraction of sp³-hybridized carbons (Fsp3) is 0.615. The Bertz CT molecular complexity index is 794. The maximum atomic E-state index is 11.7. The van der Waals surface area contributed by atoms with E-state index in [1.807, 2.05) is 13.8 Å². The summed E-state index contributed by atoms with van der Waals surface area (Å²) in [6, 6.07) is 0. The number of aryl methyl sites for hydroxylation is 1. The van der Waals surface area contributed by atoms with Crippen LogP contribution >= 0.6 is 0 Å². The minimum atomic E-state index is -3.05. The third kappa shape index (κ3) is 2.54. The Morgan fingerprint density at radius 1 is 1.36 bits per heavy atom. The van der Waals surface area contributed by atoms with Crippen LogP contribution in [0.15, 0.2) is 6.33 Å². The van der Waals surface area contributed by atoms with E-state index in [2.05, 4.69) is 20.4 Å². The van der Waals surface area contributed by atoms with E-state index >= 15 is 0 Å². The van der Waals surface area contributed by atoms with E-state index in [1.165, 1.54) is 10.6 Å². The quantitative estimate of drug-likeness (QED) is 0.857. The maximum absolute atomic E-state index is 11.7. The first kappa shape index (κ1) is 15.2. The van der Waals surface area contributed by atoms with Crippen molar-refractivity contribution in [2.24, 2.45) is 5.92 Å². The van der Waals surface area contributed by atoms with Gasteiger partial charge < -0.3 is 5.32 Å². The van der Waals surface area contributed by atoms with Crippen LogP contribution in [0.5, 0.6) is 0 Å². The molecule has 0 bridgehead atoms. The lowest BCUT2D eigenvalue weighted by molar-refractivity contribution is 0.212. The van der Waals surface area contributed by atoms with Crippen LogP contribution in [0.1, 0.15) is 18.2 Å². The van der Waals surface area contributed by atoms with E-state index in [0.29, 0.717) is 31.3 Å². The number of hydrogen-bond acceptors (Lipinski definition) is 6. The van der Waals surface area contributed by atoms with Crippen molar-refractivity contribution >= 4 is 21.6 Å². The summed E-state index contributed by atoms with van der Waals surface area (Å²) in [6.45, 7) is 7.45. The average Bonchev–Trinajstić information content (AvgIpc) is 2.88. The van der Waals surface area contributed by atoms with Crippen molar-refractivity contribution in [1.82, 2.24) is 23.9 Å². The molecule has 2 aromatic heterocycles. The Morgan fingerprint density at radius 2 is 2.09 bits per heavy atom. The van der Waals surface area contributed by atoms with Gasteiger partial charge in [-0.25, -0.2) is 17.7 Å². The van der Waals surface area contributed by atoms with Crippen LogP contribution in [0.25, 0.3) is 5.78 Å². The molecule has 1 saturated heterocycles. The number of nitrogens with zero attached hydrogens (tertiary/aromatic N) is 5. The summed E-state index contributed by atoms with van der Waals surface area (Å²) in [5.41, 5.74) is 1.93. The van der Waals surface area contributed by atoms with Crippen LogP contribution < -0.4 is 5.32 Å². The second kappa shape index (κ2) is 5.47. The Hall–Kier alpha value is -1.74. The van der Waals surface area contributed by atoms with Gasteiger partial charge >= 0.3 is 0 Å². The zero-order chi connectivity index (χ0) is 15.9. The van der Waals surface area contributed by atoms with E-state index in [0.717, 1.165) is 17.1 Å². The predicted octanol–water partition coefficient (Wildman–Crippen LogP) is 0.435. The third-order valence-electron chi connectivity index (χ3n) is 4.15. The van der Waals surface area contributed by atoms with Crippen molar-refractivity contribution in [2.45, 2.75) is 20.8 Å². The zero-order valence-electron chi connectivity index (χ0n) is 12.9. The van der Waals surface area contributed by atoms with Crippen molar-refractivity contribution in [2.75, 3.05) is 30.7 Å². The second-order valence-electron chi connectivity index (χ2n) is 5.61. The fourth-order valence-electron chi connectivity index (χ4n) is 2.54. The molecule has 0 amide bonds. The van der Waals surface area contributed by atoms with Crippen LogP contribution in [0.2, 0.25) is 0 Å². The molecule has 0 radical (unpaired) electrons. The molecule has 1 aliphatic rings. The van der Waals surface area contributed by atoms with Crippen LogP contribution in [-0.4, -0.2) is 57.7 Å². The van der Waals surface area contributed by atoms with Crippen LogP contribution in [0, 0.1) is 19.8 Å². The second-order valence-corrected chi connectivity index (χ2v) is 7.86. The molecular weight excluding hydrogens is 304 g/mol. The predicted molar refractivity (Wildman–Crippen MR) is 83.3 cm³/mol. The van der Waals surface area contributed by atoms with Gasteiger partial charge in [-0.15, -0.1) is 0 Å². The largest absolute Gasteiger partial charge is 0.369 e. The minimum absolute atomic E-state index is 0.162. The zero-order valence-corrected chi connectivity index (χ0v) is 13.8. The van der Waals surface area contributed by atoms with Gasteiger partial charge in [-0.1, -0.05) is 0 Å². The van der Waals surface area contributed by atoms with E-state index in [-0.39, 0.29) is 5.75 Å². The first-order chi connectivity index (χ1) is 10.4. The van der Waals surface area contributed by atoms with Gasteiger partial charge in [0.1, 0.15) is 12.1 Å². The Balaban J connectivity index is 1.69. The molecule has 2 aromatic rings. The highest BCUT2D eigenvalue weighted by Crippen LogP contribution is 2.22. The fourth-order valence-corrected chi connectivity index (χ4v) is 3.78. The van der Waals surface area contributed by atoms with Gasteiger partial charge in [0, 0.05) is 36.8 Å². The van der Waals surface area contributed by atoms with E-state index in [9.17, 15) is 8.42 Å². The van der Waals surface area contributed by atoms with Crippen molar-refractivity contribution in [1.29, 1.82) is 0 Å². The number of nitrogens with one attached hydrogen (secondary N) is 1. The number of sulfonamides is 1. The number of anilines is 1. The summed E-state index contributed by atoms with van der Waals surface area (Å²) in [5, 5.41) is 7.56. The SMILES string of the molecule is CCS(=O)(=O)N1CC(CNc2c(C)c(C)nc3ncnn23)C1. The summed E-state index contributed by atoms with van der Waals surface area (Å²) in [7, 11) is -3.05.